The van der Waals surface area contributed by atoms with Gasteiger partial charge in [0.2, 0.25) is 0 Å². The van der Waals surface area contributed by atoms with Crippen molar-refractivity contribution in [2.75, 3.05) is 0 Å². The summed E-state index contributed by atoms with van der Waals surface area (Å²) >= 11 is 0. The van der Waals surface area contributed by atoms with Gasteiger partial charge in [0.25, 0.3) is 0 Å². The fourth-order valence-corrected chi connectivity index (χ4v) is 2.64. The van der Waals surface area contributed by atoms with Crippen molar-refractivity contribution in [1.82, 2.24) is 0 Å². The molecule has 1 aliphatic heterocycles. The Bertz CT molecular complexity index is 473. The molecule has 1 heterocycles. The Morgan fingerprint density at radius 1 is 1.13 bits per heavy atom. The Balaban J connectivity index is 2.44. The summed E-state index contributed by atoms with van der Waals surface area (Å²) in [5.41, 5.74) is 0. The number of aliphatic hydroxyl groups is 1. The first kappa shape index (κ1) is 19.8. The van der Waals surface area contributed by atoms with E-state index in [1.165, 1.54) is 38.2 Å². The first-order chi connectivity index (χ1) is 11.0. The third-order valence-corrected chi connectivity index (χ3v) is 3.77. The summed E-state index contributed by atoms with van der Waals surface area (Å²) in [6, 6.07) is 0. The summed E-state index contributed by atoms with van der Waals surface area (Å²) < 4.78 is 12.0. The summed E-state index contributed by atoms with van der Waals surface area (Å²) in [6.07, 6.45) is 8.54. The molecule has 0 saturated carbocycles. The maximum absolute atomic E-state index is 9.23. The molecule has 1 rings (SSSR count). The fourth-order valence-electron chi connectivity index (χ4n) is 2.64. The van der Waals surface area contributed by atoms with Crippen molar-refractivity contribution in [1.29, 1.82) is 0 Å². The number of hydrogen-bond donors (Lipinski definition) is 1. The minimum absolute atomic E-state index is 0.00481. The molecule has 0 aromatic carbocycles. The molecule has 0 unspecified atom stereocenters. The highest BCUT2D eigenvalue weighted by atomic mass is 16.7. The van der Waals surface area contributed by atoms with Crippen molar-refractivity contribution in [2.24, 2.45) is 0 Å². The molecule has 0 aromatic heterocycles. The van der Waals surface area contributed by atoms with Gasteiger partial charge in [-0.15, -0.1) is 0 Å². The van der Waals surface area contributed by atoms with E-state index in [4.69, 9.17) is 9.47 Å². The van der Waals surface area contributed by atoms with Gasteiger partial charge >= 0.3 is 0 Å². The molecule has 0 amide bonds. The van der Waals surface area contributed by atoms with Crippen LogP contribution in [0, 0.1) is 23.7 Å². The highest BCUT2D eigenvalue weighted by Crippen LogP contribution is 2.32. The number of rotatable bonds is 8. The van der Waals surface area contributed by atoms with Gasteiger partial charge in [0, 0.05) is 6.42 Å². The molecule has 1 N–H and O–H groups in total. The van der Waals surface area contributed by atoms with E-state index in [1.807, 2.05) is 13.8 Å². The van der Waals surface area contributed by atoms with Crippen LogP contribution in [-0.2, 0) is 9.47 Å². The second-order valence-electron chi connectivity index (χ2n) is 6.37. The summed E-state index contributed by atoms with van der Waals surface area (Å²) in [7, 11) is 0. The Kier molecular flexibility index (Phi) is 9.03. The molecule has 128 valence electrons. The normalized spacial score (nSPS) is 23.3. The van der Waals surface area contributed by atoms with Gasteiger partial charge < -0.3 is 14.6 Å². The van der Waals surface area contributed by atoms with Gasteiger partial charge in [-0.2, -0.15) is 0 Å². The average Bonchev–Trinajstić information content (AvgIpc) is 2.80. The van der Waals surface area contributed by atoms with Crippen LogP contribution in [0.2, 0.25) is 0 Å². The highest BCUT2D eigenvalue weighted by molar-refractivity contribution is 5.28. The van der Waals surface area contributed by atoms with Crippen LogP contribution in [0.3, 0.4) is 0 Å². The first-order valence-electron chi connectivity index (χ1n) is 8.63. The molecule has 1 fully saturated rings. The molecule has 3 nitrogen and oxygen atoms in total. The third kappa shape index (κ3) is 8.24. The fraction of sp³-hybridized carbons (Fsp3) is 0.700. The van der Waals surface area contributed by atoms with E-state index in [1.54, 1.807) is 0 Å². The van der Waals surface area contributed by atoms with Crippen LogP contribution in [0.25, 0.3) is 0 Å². The van der Waals surface area contributed by atoms with E-state index < -0.39 is 11.9 Å². The monoisotopic (exact) mass is 318 g/mol. The maximum Gasteiger partial charge on any atom is 0.163 e. The van der Waals surface area contributed by atoms with Crippen molar-refractivity contribution in [3.05, 3.63) is 12.7 Å². The molecule has 0 bridgehead atoms. The molecular weight excluding hydrogens is 288 g/mol. The van der Waals surface area contributed by atoms with Crippen LogP contribution in [-0.4, -0.2) is 29.2 Å². The second-order valence-corrected chi connectivity index (χ2v) is 6.37. The molecule has 0 aromatic rings. The lowest BCUT2D eigenvalue weighted by molar-refractivity contribution is -0.146. The minimum Gasteiger partial charge on any atom is -0.377 e. The van der Waals surface area contributed by atoms with Crippen LogP contribution >= 0.6 is 0 Å². The van der Waals surface area contributed by atoms with Gasteiger partial charge in [-0.1, -0.05) is 63.5 Å². The first-order valence-corrected chi connectivity index (χ1v) is 8.63. The molecule has 0 radical (unpaired) electrons. The van der Waals surface area contributed by atoms with Crippen molar-refractivity contribution in [2.45, 2.75) is 89.8 Å². The smallest absolute Gasteiger partial charge is 0.163 e. The lowest BCUT2D eigenvalue weighted by Gasteiger charge is -2.16. The zero-order chi connectivity index (χ0) is 17.1. The van der Waals surface area contributed by atoms with E-state index in [-0.39, 0.29) is 12.2 Å². The maximum atomic E-state index is 9.23. The summed E-state index contributed by atoms with van der Waals surface area (Å²) in [5, 5.41) is 9.23. The predicted molar refractivity (Wildman–Crippen MR) is 93.6 cm³/mol. The van der Waals surface area contributed by atoms with Crippen LogP contribution < -0.4 is 0 Å². The van der Waals surface area contributed by atoms with Crippen LogP contribution in [0.5, 0.6) is 0 Å². The molecule has 3 atom stereocenters. The zero-order valence-corrected chi connectivity index (χ0v) is 14.7. The Morgan fingerprint density at radius 2 is 1.83 bits per heavy atom. The largest absolute Gasteiger partial charge is 0.377 e. The van der Waals surface area contributed by atoms with Gasteiger partial charge in [-0.05, 0) is 32.1 Å². The zero-order valence-electron chi connectivity index (χ0n) is 14.7. The van der Waals surface area contributed by atoms with Gasteiger partial charge in [0.05, 0.1) is 12.2 Å². The van der Waals surface area contributed by atoms with Gasteiger partial charge in [-0.25, -0.2) is 0 Å². The molecular formula is C20H30O3. The topological polar surface area (TPSA) is 38.7 Å². The highest BCUT2D eigenvalue weighted by Gasteiger charge is 2.40. The summed E-state index contributed by atoms with van der Waals surface area (Å²) in [4.78, 5) is 0. The Morgan fingerprint density at radius 3 is 2.52 bits per heavy atom. The van der Waals surface area contributed by atoms with E-state index >= 15 is 0 Å². The number of hydrogen-bond acceptors (Lipinski definition) is 3. The predicted octanol–water partition coefficient (Wildman–Crippen LogP) is 3.81. The number of ether oxygens (including phenoxy) is 2. The molecule has 1 aliphatic rings. The van der Waals surface area contributed by atoms with E-state index in [2.05, 4.69) is 37.2 Å². The van der Waals surface area contributed by atoms with Crippen LogP contribution in [0.4, 0.5) is 0 Å². The van der Waals surface area contributed by atoms with E-state index in [9.17, 15) is 5.11 Å². The van der Waals surface area contributed by atoms with Crippen LogP contribution in [0.15, 0.2) is 12.7 Å². The van der Waals surface area contributed by atoms with Gasteiger partial charge in [0.15, 0.2) is 5.79 Å². The SMILES string of the molecule is C=C[C@@H](O)C#CC#CC[C@H]1OC(C)(C)O[C@@H]1CCCCCCC. The lowest BCUT2D eigenvalue weighted by Crippen LogP contribution is -2.21. The number of unbranched alkanes of at least 4 members (excludes halogenated alkanes) is 4. The van der Waals surface area contributed by atoms with E-state index in [0.29, 0.717) is 6.42 Å². The standard InChI is InChI=1S/C20H30O3/c1-5-7-8-9-12-15-18-19(23-20(3,4)22-18)16-13-10-11-14-17(21)6-2/h6,17-19,21H,2,5,7-9,12,15-16H2,1,3-4H3/t17-,18-,19-/m1/s1. The molecule has 3 heteroatoms. The van der Waals surface area contributed by atoms with Gasteiger partial charge in [-0.3, -0.25) is 0 Å². The Labute approximate surface area is 141 Å². The van der Waals surface area contributed by atoms with Crippen molar-refractivity contribution in [3.8, 4) is 23.7 Å². The van der Waals surface area contributed by atoms with Crippen molar-refractivity contribution in [3.63, 3.8) is 0 Å². The molecule has 1 saturated heterocycles. The average molecular weight is 318 g/mol. The van der Waals surface area contributed by atoms with Gasteiger partial charge in [0.1, 0.15) is 6.10 Å². The number of aliphatic hydroxyl groups excluding tert-OH is 1. The summed E-state index contributed by atoms with van der Waals surface area (Å²) in [5.74, 6) is 10.4. The molecule has 23 heavy (non-hydrogen) atoms. The van der Waals surface area contributed by atoms with Crippen molar-refractivity contribution < 1.29 is 14.6 Å². The molecule has 0 aliphatic carbocycles. The summed E-state index contributed by atoms with van der Waals surface area (Å²) in [6.45, 7) is 9.58. The quantitative estimate of drug-likeness (QED) is 0.420. The Hall–Kier alpha value is -1.26. The minimum atomic E-state index is -0.815. The third-order valence-electron chi connectivity index (χ3n) is 3.77. The lowest BCUT2D eigenvalue weighted by atomic mass is 10.0. The van der Waals surface area contributed by atoms with Crippen molar-refractivity contribution >= 4 is 0 Å². The van der Waals surface area contributed by atoms with E-state index in [0.717, 1.165) is 6.42 Å². The molecule has 0 spiro atoms. The van der Waals surface area contributed by atoms with Crippen LogP contribution in [0.1, 0.15) is 65.7 Å². The second kappa shape index (κ2) is 10.5.